The first-order chi connectivity index (χ1) is 6.59. The molecule has 78 valence electrons. The molecule has 1 amide bonds. The van der Waals surface area contributed by atoms with E-state index in [9.17, 15) is 4.79 Å². The predicted molar refractivity (Wildman–Crippen MR) is 52.0 cm³/mol. The standard InChI is InChI=1S/C8H15N5O/c1-6-10-7(12-11-6)8(14)9-4-5-13(2)3/h4-5H2,1-3H3,(H,9,14)(H,10,11,12). The third-order valence-electron chi connectivity index (χ3n) is 1.64. The number of H-pyrrole nitrogens is 1. The number of rotatable bonds is 4. The molecule has 6 heteroatoms. The molecule has 2 N–H and O–H groups in total. The number of aromatic nitrogens is 3. The summed E-state index contributed by atoms with van der Waals surface area (Å²) in [4.78, 5) is 17.3. The number of carbonyl (C=O) groups is 1. The quantitative estimate of drug-likeness (QED) is 0.676. The van der Waals surface area contributed by atoms with Crippen LogP contribution in [0.4, 0.5) is 0 Å². The van der Waals surface area contributed by atoms with Crippen LogP contribution in [0, 0.1) is 6.92 Å². The third kappa shape index (κ3) is 3.14. The molecule has 0 aromatic carbocycles. The lowest BCUT2D eigenvalue weighted by Gasteiger charge is -2.08. The Morgan fingerprint density at radius 1 is 1.57 bits per heavy atom. The molecular weight excluding hydrogens is 182 g/mol. The highest BCUT2D eigenvalue weighted by Gasteiger charge is 2.09. The molecule has 0 bridgehead atoms. The van der Waals surface area contributed by atoms with Gasteiger partial charge in [-0.2, -0.15) is 0 Å². The van der Waals surface area contributed by atoms with Crippen LogP contribution in [-0.4, -0.2) is 53.2 Å². The summed E-state index contributed by atoms with van der Waals surface area (Å²) < 4.78 is 0. The minimum absolute atomic E-state index is 0.196. The van der Waals surface area contributed by atoms with Gasteiger partial charge in [0.2, 0.25) is 5.82 Å². The monoisotopic (exact) mass is 197 g/mol. The minimum Gasteiger partial charge on any atom is -0.348 e. The molecule has 0 fully saturated rings. The van der Waals surface area contributed by atoms with Crippen molar-refractivity contribution in [3.8, 4) is 0 Å². The molecule has 0 unspecified atom stereocenters. The number of nitrogens with zero attached hydrogens (tertiary/aromatic N) is 3. The number of hydrogen-bond donors (Lipinski definition) is 2. The Hall–Kier alpha value is -1.43. The molecule has 14 heavy (non-hydrogen) atoms. The third-order valence-corrected chi connectivity index (χ3v) is 1.64. The van der Waals surface area contributed by atoms with Crippen LogP contribution in [0.25, 0.3) is 0 Å². The smallest absolute Gasteiger partial charge is 0.291 e. The second-order valence-electron chi connectivity index (χ2n) is 3.30. The molecule has 0 saturated heterocycles. The van der Waals surface area contributed by atoms with Gasteiger partial charge in [0.05, 0.1) is 0 Å². The van der Waals surface area contributed by atoms with E-state index in [0.717, 1.165) is 6.54 Å². The number of amides is 1. The number of aromatic amines is 1. The van der Waals surface area contributed by atoms with Crippen molar-refractivity contribution in [1.82, 2.24) is 25.4 Å². The minimum atomic E-state index is -0.240. The summed E-state index contributed by atoms with van der Waals surface area (Å²) in [6.07, 6.45) is 0. The Labute approximate surface area is 82.7 Å². The molecule has 6 nitrogen and oxygen atoms in total. The van der Waals surface area contributed by atoms with Gasteiger partial charge in [-0.05, 0) is 21.0 Å². The number of carbonyl (C=O) groups excluding carboxylic acids is 1. The highest BCUT2D eigenvalue weighted by atomic mass is 16.2. The van der Waals surface area contributed by atoms with E-state index < -0.39 is 0 Å². The van der Waals surface area contributed by atoms with E-state index in [4.69, 9.17) is 0 Å². The lowest BCUT2D eigenvalue weighted by Crippen LogP contribution is -2.31. The van der Waals surface area contributed by atoms with E-state index in [0.29, 0.717) is 12.4 Å². The number of aryl methyl sites for hydroxylation is 1. The van der Waals surface area contributed by atoms with Gasteiger partial charge in [-0.3, -0.25) is 9.89 Å². The van der Waals surface area contributed by atoms with Crippen molar-refractivity contribution in [2.24, 2.45) is 0 Å². The van der Waals surface area contributed by atoms with E-state index in [1.807, 2.05) is 19.0 Å². The maximum Gasteiger partial charge on any atom is 0.291 e. The lowest BCUT2D eigenvalue weighted by atomic mass is 10.5. The van der Waals surface area contributed by atoms with Crippen LogP contribution in [0.1, 0.15) is 16.4 Å². The van der Waals surface area contributed by atoms with Gasteiger partial charge in [-0.15, -0.1) is 5.10 Å². The number of hydrogen-bond acceptors (Lipinski definition) is 4. The Balaban J connectivity index is 2.36. The summed E-state index contributed by atoms with van der Waals surface area (Å²) in [6, 6.07) is 0. The molecule has 1 heterocycles. The fourth-order valence-electron chi connectivity index (χ4n) is 0.916. The molecule has 0 aliphatic rings. The zero-order valence-corrected chi connectivity index (χ0v) is 8.66. The van der Waals surface area contributed by atoms with Crippen LogP contribution in [-0.2, 0) is 0 Å². The van der Waals surface area contributed by atoms with Crippen molar-refractivity contribution in [2.45, 2.75) is 6.92 Å². The summed E-state index contributed by atoms with van der Waals surface area (Å²) in [6.45, 7) is 3.15. The zero-order chi connectivity index (χ0) is 10.6. The average molecular weight is 197 g/mol. The van der Waals surface area contributed by atoms with Gasteiger partial charge in [0.15, 0.2) is 0 Å². The molecule has 0 radical (unpaired) electrons. The first-order valence-electron chi connectivity index (χ1n) is 4.41. The first-order valence-corrected chi connectivity index (χ1v) is 4.41. The predicted octanol–water partition coefficient (Wildman–Crippen LogP) is -0.595. The van der Waals surface area contributed by atoms with Crippen LogP contribution in [0.5, 0.6) is 0 Å². The van der Waals surface area contributed by atoms with Crippen molar-refractivity contribution >= 4 is 5.91 Å². The van der Waals surface area contributed by atoms with E-state index in [1.54, 1.807) is 6.92 Å². The largest absolute Gasteiger partial charge is 0.348 e. The molecule has 1 rings (SSSR count). The van der Waals surface area contributed by atoms with Crippen molar-refractivity contribution in [1.29, 1.82) is 0 Å². The van der Waals surface area contributed by atoms with Gasteiger partial charge < -0.3 is 10.2 Å². The van der Waals surface area contributed by atoms with Crippen LogP contribution < -0.4 is 5.32 Å². The van der Waals surface area contributed by atoms with Gasteiger partial charge in [-0.25, -0.2) is 4.98 Å². The second kappa shape index (κ2) is 4.71. The van der Waals surface area contributed by atoms with E-state index in [1.165, 1.54) is 0 Å². The van der Waals surface area contributed by atoms with Crippen LogP contribution in [0.2, 0.25) is 0 Å². The van der Waals surface area contributed by atoms with Gasteiger partial charge in [0.25, 0.3) is 5.91 Å². The highest BCUT2D eigenvalue weighted by Crippen LogP contribution is 1.89. The van der Waals surface area contributed by atoms with Gasteiger partial charge in [-0.1, -0.05) is 0 Å². The van der Waals surface area contributed by atoms with Gasteiger partial charge >= 0.3 is 0 Å². The molecule has 1 aromatic heterocycles. The summed E-state index contributed by atoms with van der Waals surface area (Å²) in [5, 5.41) is 9.09. The molecule has 1 aromatic rings. The van der Waals surface area contributed by atoms with E-state index in [-0.39, 0.29) is 11.7 Å². The summed E-state index contributed by atoms with van der Waals surface area (Å²) >= 11 is 0. The van der Waals surface area contributed by atoms with Crippen molar-refractivity contribution < 1.29 is 4.79 Å². The number of nitrogens with one attached hydrogen (secondary N) is 2. The second-order valence-corrected chi connectivity index (χ2v) is 3.30. The zero-order valence-electron chi connectivity index (χ0n) is 8.66. The number of likely N-dealkylation sites (N-methyl/N-ethyl adjacent to an activating group) is 1. The van der Waals surface area contributed by atoms with E-state index in [2.05, 4.69) is 20.5 Å². The summed E-state index contributed by atoms with van der Waals surface area (Å²) in [5.41, 5.74) is 0. The molecule has 0 aliphatic carbocycles. The average Bonchev–Trinajstić information content (AvgIpc) is 2.51. The SMILES string of the molecule is Cc1nc(C(=O)NCCN(C)C)n[nH]1. The van der Waals surface area contributed by atoms with Crippen molar-refractivity contribution in [3.05, 3.63) is 11.6 Å². The van der Waals surface area contributed by atoms with Crippen LogP contribution in [0.3, 0.4) is 0 Å². The molecule has 0 saturated carbocycles. The maximum atomic E-state index is 11.4. The Bertz CT molecular complexity index is 306. The normalized spacial score (nSPS) is 10.6. The van der Waals surface area contributed by atoms with Gasteiger partial charge in [0.1, 0.15) is 5.82 Å². The summed E-state index contributed by atoms with van der Waals surface area (Å²) in [7, 11) is 3.90. The van der Waals surface area contributed by atoms with Crippen molar-refractivity contribution in [2.75, 3.05) is 27.2 Å². The van der Waals surface area contributed by atoms with Crippen LogP contribution >= 0.6 is 0 Å². The fraction of sp³-hybridized carbons (Fsp3) is 0.625. The van der Waals surface area contributed by atoms with Crippen LogP contribution in [0.15, 0.2) is 0 Å². The Kier molecular flexibility index (Phi) is 3.58. The van der Waals surface area contributed by atoms with Gasteiger partial charge in [0, 0.05) is 13.1 Å². The fourth-order valence-corrected chi connectivity index (χ4v) is 0.916. The lowest BCUT2D eigenvalue weighted by molar-refractivity contribution is 0.0941. The summed E-state index contributed by atoms with van der Waals surface area (Å²) in [5.74, 6) is 0.597. The Morgan fingerprint density at radius 2 is 2.29 bits per heavy atom. The maximum absolute atomic E-state index is 11.4. The highest BCUT2D eigenvalue weighted by molar-refractivity contribution is 5.90. The van der Waals surface area contributed by atoms with Crippen molar-refractivity contribution in [3.63, 3.8) is 0 Å². The first kappa shape index (κ1) is 10.6. The Morgan fingerprint density at radius 3 is 2.79 bits per heavy atom. The molecule has 0 atom stereocenters. The molecule has 0 aliphatic heterocycles. The topological polar surface area (TPSA) is 73.9 Å². The molecular formula is C8H15N5O. The van der Waals surface area contributed by atoms with E-state index >= 15 is 0 Å². The molecule has 0 spiro atoms.